The fraction of sp³-hybridized carbons (Fsp3) is 0.429. The van der Waals surface area contributed by atoms with Crippen molar-refractivity contribution >= 4 is 28.5 Å². The second kappa shape index (κ2) is 7.47. The van der Waals surface area contributed by atoms with E-state index in [9.17, 15) is 9.59 Å². The zero-order chi connectivity index (χ0) is 19.6. The second-order valence-corrected chi connectivity index (χ2v) is 7.58. The molecular weight excluding hydrogens is 344 g/mol. The van der Waals surface area contributed by atoms with Gasteiger partial charge < -0.3 is 19.4 Å². The van der Waals surface area contributed by atoms with Crippen LogP contribution < -0.4 is 0 Å². The quantitative estimate of drug-likeness (QED) is 0.815. The van der Waals surface area contributed by atoms with Crippen LogP contribution in [0.25, 0.3) is 16.5 Å². The zero-order valence-corrected chi connectivity index (χ0v) is 16.3. The average Bonchev–Trinajstić information content (AvgIpc) is 3.05. The van der Waals surface area contributed by atoms with Crippen molar-refractivity contribution in [3.8, 4) is 0 Å². The van der Waals surface area contributed by atoms with Gasteiger partial charge in [0.25, 0.3) is 0 Å². The van der Waals surface area contributed by atoms with Crippen LogP contribution in [0.5, 0.6) is 0 Å². The van der Waals surface area contributed by atoms with E-state index in [-0.39, 0.29) is 12.1 Å². The molecule has 27 heavy (non-hydrogen) atoms. The summed E-state index contributed by atoms with van der Waals surface area (Å²) in [6.45, 7) is 8.83. The summed E-state index contributed by atoms with van der Waals surface area (Å²) in [7, 11) is 0. The molecule has 1 amide bonds. The summed E-state index contributed by atoms with van der Waals surface area (Å²) in [5.74, 6) is -0.353. The normalized spacial score (nSPS) is 14.8. The van der Waals surface area contributed by atoms with Gasteiger partial charge in [-0.1, -0.05) is 24.3 Å². The number of fused-ring (bicyclic) bond motifs is 1. The molecule has 1 N–H and O–H groups in total. The SMILES string of the molecule is CCOC(=O)c1cc2cccc(C3=CCN(C(=O)OC(C)(C)C)CC3)c2[nH]1. The molecule has 2 heterocycles. The number of aromatic nitrogens is 1. The minimum Gasteiger partial charge on any atom is -0.461 e. The van der Waals surface area contributed by atoms with Gasteiger partial charge in [-0.25, -0.2) is 9.59 Å². The van der Waals surface area contributed by atoms with E-state index >= 15 is 0 Å². The molecule has 0 bridgehead atoms. The lowest BCUT2D eigenvalue weighted by Crippen LogP contribution is -2.39. The Bertz CT molecular complexity index is 889. The zero-order valence-electron chi connectivity index (χ0n) is 16.3. The Kier molecular flexibility index (Phi) is 5.26. The highest BCUT2D eigenvalue weighted by Crippen LogP contribution is 2.30. The van der Waals surface area contributed by atoms with Gasteiger partial charge in [0.1, 0.15) is 11.3 Å². The van der Waals surface area contributed by atoms with Gasteiger partial charge >= 0.3 is 12.1 Å². The predicted molar refractivity (Wildman–Crippen MR) is 105 cm³/mol. The number of nitrogens with one attached hydrogen (secondary N) is 1. The molecule has 0 saturated heterocycles. The van der Waals surface area contributed by atoms with Crippen molar-refractivity contribution in [2.75, 3.05) is 19.7 Å². The van der Waals surface area contributed by atoms with Crippen molar-refractivity contribution in [1.82, 2.24) is 9.88 Å². The van der Waals surface area contributed by atoms with Crippen molar-refractivity contribution in [3.05, 3.63) is 41.6 Å². The van der Waals surface area contributed by atoms with Crippen LogP contribution in [0, 0.1) is 0 Å². The van der Waals surface area contributed by atoms with Crippen LogP contribution in [-0.2, 0) is 9.47 Å². The van der Waals surface area contributed by atoms with Crippen LogP contribution in [0.15, 0.2) is 30.3 Å². The smallest absolute Gasteiger partial charge is 0.410 e. The number of hydrogen-bond donors (Lipinski definition) is 1. The average molecular weight is 370 g/mol. The molecule has 1 aromatic carbocycles. The molecule has 144 valence electrons. The van der Waals surface area contributed by atoms with Crippen LogP contribution >= 0.6 is 0 Å². The summed E-state index contributed by atoms with van der Waals surface area (Å²) in [6, 6.07) is 7.78. The number of hydrogen-bond acceptors (Lipinski definition) is 4. The van der Waals surface area contributed by atoms with E-state index in [1.807, 2.05) is 51.1 Å². The number of ether oxygens (including phenoxy) is 2. The Labute approximate surface area is 159 Å². The number of benzene rings is 1. The Morgan fingerprint density at radius 3 is 2.67 bits per heavy atom. The van der Waals surface area contributed by atoms with Crippen molar-refractivity contribution in [2.45, 2.75) is 39.7 Å². The molecule has 6 heteroatoms. The first-order valence-electron chi connectivity index (χ1n) is 9.24. The van der Waals surface area contributed by atoms with Gasteiger partial charge in [0, 0.05) is 24.0 Å². The highest BCUT2D eigenvalue weighted by atomic mass is 16.6. The second-order valence-electron chi connectivity index (χ2n) is 7.58. The summed E-state index contributed by atoms with van der Waals surface area (Å²) in [6.07, 6.45) is 2.49. The molecule has 0 radical (unpaired) electrons. The van der Waals surface area contributed by atoms with Crippen LogP contribution in [0.1, 0.15) is 50.2 Å². The number of carbonyl (C=O) groups is 2. The number of amides is 1. The summed E-state index contributed by atoms with van der Waals surface area (Å²) in [5, 5.41) is 0.964. The maximum atomic E-state index is 12.2. The predicted octanol–water partition coefficient (Wildman–Crippen LogP) is 4.37. The van der Waals surface area contributed by atoms with Gasteiger partial charge in [-0.15, -0.1) is 0 Å². The Hall–Kier alpha value is -2.76. The van der Waals surface area contributed by atoms with E-state index in [4.69, 9.17) is 9.47 Å². The molecule has 3 rings (SSSR count). The number of aromatic amines is 1. The molecule has 1 aliphatic heterocycles. The third-order valence-corrected chi connectivity index (χ3v) is 4.36. The minimum absolute atomic E-state index is 0.291. The van der Waals surface area contributed by atoms with Gasteiger partial charge in [0.2, 0.25) is 0 Å². The lowest BCUT2D eigenvalue weighted by Gasteiger charge is -2.29. The van der Waals surface area contributed by atoms with Crippen LogP contribution in [0.4, 0.5) is 4.79 Å². The number of rotatable bonds is 3. The Morgan fingerprint density at radius 1 is 1.26 bits per heavy atom. The lowest BCUT2D eigenvalue weighted by atomic mass is 9.98. The van der Waals surface area contributed by atoms with Crippen molar-refractivity contribution in [2.24, 2.45) is 0 Å². The third-order valence-electron chi connectivity index (χ3n) is 4.36. The van der Waals surface area contributed by atoms with Gasteiger partial charge in [0.05, 0.1) is 12.1 Å². The first-order chi connectivity index (χ1) is 12.8. The van der Waals surface area contributed by atoms with Crippen molar-refractivity contribution in [1.29, 1.82) is 0 Å². The van der Waals surface area contributed by atoms with E-state index in [1.165, 1.54) is 0 Å². The standard InChI is InChI=1S/C21H26N2O4/c1-5-26-19(24)17-13-15-7-6-8-16(18(15)22-17)14-9-11-23(12-10-14)20(25)27-21(2,3)4/h6-9,13,22H,5,10-12H2,1-4H3. The van der Waals surface area contributed by atoms with Crippen LogP contribution in [0.3, 0.4) is 0 Å². The first-order valence-corrected chi connectivity index (χ1v) is 9.24. The summed E-state index contributed by atoms with van der Waals surface area (Å²) >= 11 is 0. The van der Waals surface area contributed by atoms with Gasteiger partial charge in [-0.2, -0.15) is 0 Å². The Balaban J connectivity index is 1.82. The number of esters is 1. The van der Waals surface area contributed by atoms with Crippen molar-refractivity contribution < 1.29 is 19.1 Å². The first kappa shape index (κ1) is 19.0. The molecule has 6 nitrogen and oxygen atoms in total. The molecule has 1 aromatic heterocycles. The molecule has 0 unspecified atom stereocenters. The molecule has 0 aliphatic carbocycles. The fourth-order valence-electron chi connectivity index (χ4n) is 3.15. The molecule has 1 aliphatic rings. The fourth-order valence-corrected chi connectivity index (χ4v) is 3.15. The lowest BCUT2D eigenvalue weighted by molar-refractivity contribution is 0.0270. The molecular formula is C21H26N2O4. The maximum absolute atomic E-state index is 12.2. The molecule has 2 aromatic rings. The van der Waals surface area contributed by atoms with Gasteiger partial charge in [0.15, 0.2) is 0 Å². The highest BCUT2D eigenvalue weighted by Gasteiger charge is 2.24. The van der Waals surface area contributed by atoms with Gasteiger partial charge in [-0.05, 0) is 45.8 Å². The largest absolute Gasteiger partial charge is 0.461 e. The number of para-hydroxylation sites is 1. The topological polar surface area (TPSA) is 71.6 Å². The molecule has 0 atom stereocenters. The number of nitrogens with zero attached hydrogens (tertiary/aromatic N) is 1. The van der Waals surface area contributed by atoms with E-state index in [1.54, 1.807) is 11.8 Å². The highest BCUT2D eigenvalue weighted by molar-refractivity contribution is 5.99. The molecule has 0 spiro atoms. The van der Waals surface area contributed by atoms with E-state index in [0.29, 0.717) is 25.4 Å². The molecule has 0 saturated carbocycles. The van der Waals surface area contributed by atoms with Gasteiger partial charge in [-0.3, -0.25) is 0 Å². The summed E-state index contributed by atoms with van der Waals surface area (Å²) < 4.78 is 10.5. The summed E-state index contributed by atoms with van der Waals surface area (Å²) in [4.78, 5) is 29.1. The van der Waals surface area contributed by atoms with E-state index in [2.05, 4.69) is 4.98 Å². The third kappa shape index (κ3) is 4.32. The minimum atomic E-state index is -0.500. The monoisotopic (exact) mass is 370 g/mol. The molecule has 0 fully saturated rings. The maximum Gasteiger partial charge on any atom is 0.410 e. The Morgan fingerprint density at radius 2 is 2.04 bits per heavy atom. The number of H-pyrrole nitrogens is 1. The van der Waals surface area contributed by atoms with E-state index in [0.717, 1.165) is 28.5 Å². The summed E-state index contributed by atoms with van der Waals surface area (Å²) in [5.41, 5.74) is 3.06. The van der Waals surface area contributed by atoms with Crippen LogP contribution in [-0.4, -0.2) is 47.2 Å². The number of carbonyl (C=O) groups excluding carboxylic acids is 2. The van der Waals surface area contributed by atoms with Crippen LogP contribution in [0.2, 0.25) is 0 Å². The van der Waals surface area contributed by atoms with E-state index < -0.39 is 5.60 Å². The van der Waals surface area contributed by atoms with Crippen molar-refractivity contribution in [3.63, 3.8) is 0 Å².